The molecule has 1 aliphatic carbocycles. The van der Waals surface area contributed by atoms with Crippen LogP contribution in [0, 0.1) is 5.92 Å². The van der Waals surface area contributed by atoms with Crippen LogP contribution >= 0.6 is 0 Å². The molecule has 1 saturated carbocycles. The summed E-state index contributed by atoms with van der Waals surface area (Å²) < 4.78 is 7.87. The van der Waals surface area contributed by atoms with Gasteiger partial charge in [-0.2, -0.15) is 0 Å². The van der Waals surface area contributed by atoms with Gasteiger partial charge in [-0.25, -0.2) is 4.79 Å². The molecule has 6 rings (SSSR count). The number of benzene rings is 2. The zero-order valence-corrected chi connectivity index (χ0v) is 22.7. The number of aliphatic hydroxyl groups is 1. The molecule has 2 aromatic carbocycles. The summed E-state index contributed by atoms with van der Waals surface area (Å²) in [5, 5.41) is 15.1. The van der Waals surface area contributed by atoms with Crippen LogP contribution in [0.2, 0.25) is 0 Å². The van der Waals surface area contributed by atoms with Crippen LogP contribution in [-0.2, 0) is 12.5 Å². The first-order valence-electron chi connectivity index (χ1n) is 14.2. The van der Waals surface area contributed by atoms with Crippen LogP contribution in [0.1, 0.15) is 55.8 Å². The molecule has 202 valence electrons. The molecule has 0 unspecified atom stereocenters. The number of para-hydroxylation sites is 1. The maximum absolute atomic E-state index is 13.1. The Bertz CT molecular complexity index is 1290. The second kappa shape index (κ2) is 10.3. The number of carbonyl (C=O) groups excluding carboxylic acids is 1. The molecule has 0 radical (unpaired) electrons. The fourth-order valence-electron chi connectivity index (χ4n) is 7.45. The van der Waals surface area contributed by atoms with Gasteiger partial charge in [-0.05, 0) is 61.4 Å². The van der Waals surface area contributed by atoms with Crippen molar-refractivity contribution in [2.45, 2.75) is 50.0 Å². The van der Waals surface area contributed by atoms with Gasteiger partial charge in [-0.15, -0.1) is 0 Å². The van der Waals surface area contributed by atoms with Gasteiger partial charge in [0.15, 0.2) is 0 Å². The molecule has 1 atom stereocenters. The number of fused-ring (bicyclic) bond motifs is 4. The molecule has 1 spiro atoms. The highest BCUT2D eigenvalue weighted by molar-refractivity contribution is 5.90. The number of anilines is 1. The van der Waals surface area contributed by atoms with Crippen LogP contribution < -0.4 is 10.1 Å². The molecule has 2 aliphatic heterocycles. The summed E-state index contributed by atoms with van der Waals surface area (Å²) in [7, 11) is 3.85. The summed E-state index contributed by atoms with van der Waals surface area (Å²) in [5.74, 6) is 1.55. The normalized spacial score (nSPS) is 21.7. The minimum Gasteiger partial charge on any atom is -0.497 e. The second-order valence-corrected chi connectivity index (χ2v) is 11.5. The number of urea groups is 1. The van der Waals surface area contributed by atoms with Gasteiger partial charge < -0.3 is 24.6 Å². The highest BCUT2D eigenvalue weighted by Crippen LogP contribution is 2.50. The Morgan fingerprint density at radius 2 is 1.84 bits per heavy atom. The molecule has 7 heteroatoms. The lowest BCUT2D eigenvalue weighted by Crippen LogP contribution is -2.55. The molecule has 1 saturated heterocycles. The number of piperidine rings is 1. The number of rotatable bonds is 5. The van der Waals surface area contributed by atoms with Gasteiger partial charge in [-0.3, -0.25) is 4.90 Å². The molecule has 2 fully saturated rings. The van der Waals surface area contributed by atoms with Crippen molar-refractivity contribution in [2.24, 2.45) is 13.0 Å². The summed E-state index contributed by atoms with van der Waals surface area (Å²) in [6.45, 7) is 3.51. The molecule has 2 amide bonds. The van der Waals surface area contributed by atoms with E-state index >= 15 is 0 Å². The topological polar surface area (TPSA) is 70.0 Å². The van der Waals surface area contributed by atoms with Crippen LogP contribution in [0.5, 0.6) is 5.75 Å². The van der Waals surface area contributed by atoms with Crippen LogP contribution in [-0.4, -0.2) is 65.4 Å². The average molecular weight is 517 g/mol. The standard InChI is InChI=1S/C31H40N4O3/c1-33-26-18-24(38-2)12-13-25(26)28-29(33)27(20-36)35(19-22-8-6-7-9-22)21-31(28)14-16-34(17-15-31)30(37)32-23-10-4-3-5-11-23/h3-5,10-13,18,22,27,36H,6-9,14-17,19-21H2,1-2H3,(H,32,37)/t27-/m0/s1. The maximum Gasteiger partial charge on any atom is 0.321 e. The van der Waals surface area contributed by atoms with Gasteiger partial charge in [-0.1, -0.05) is 31.0 Å². The first-order valence-corrected chi connectivity index (χ1v) is 14.2. The number of ether oxygens (including phenoxy) is 1. The van der Waals surface area contributed by atoms with Crippen molar-refractivity contribution in [3.05, 3.63) is 59.8 Å². The predicted octanol–water partition coefficient (Wildman–Crippen LogP) is 5.29. The molecule has 0 bridgehead atoms. The fraction of sp³-hybridized carbons (Fsp3) is 0.516. The van der Waals surface area contributed by atoms with E-state index in [-0.39, 0.29) is 24.1 Å². The van der Waals surface area contributed by atoms with Gasteiger partial charge >= 0.3 is 6.03 Å². The van der Waals surface area contributed by atoms with Crippen LogP contribution in [0.15, 0.2) is 48.5 Å². The first kappa shape index (κ1) is 25.3. The van der Waals surface area contributed by atoms with Gasteiger partial charge in [0.2, 0.25) is 0 Å². The van der Waals surface area contributed by atoms with Crippen LogP contribution in [0.3, 0.4) is 0 Å². The minimum absolute atomic E-state index is 0.0148. The number of aryl methyl sites for hydroxylation is 1. The van der Waals surface area contributed by atoms with Gasteiger partial charge in [0.05, 0.1) is 25.3 Å². The SMILES string of the molecule is COc1ccc2c3c(n(C)c2c1)[C@H](CO)N(CC1CCCC1)CC31CCN(C(=O)Nc2ccccc2)CC1. The molecule has 3 aromatic rings. The molecule has 2 N–H and O–H groups in total. The van der Waals surface area contributed by atoms with Gasteiger partial charge in [0.1, 0.15) is 5.75 Å². The highest BCUT2D eigenvalue weighted by atomic mass is 16.5. The third-order valence-electron chi connectivity index (χ3n) is 9.42. The van der Waals surface area contributed by atoms with E-state index in [0.717, 1.165) is 42.9 Å². The Balaban J connectivity index is 1.35. The predicted molar refractivity (Wildman–Crippen MR) is 151 cm³/mol. The molecule has 7 nitrogen and oxygen atoms in total. The average Bonchev–Trinajstić information content (AvgIpc) is 3.56. The van der Waals surface area contributed by atoms with Crippen LogP contribution in [0.4, 0.5) is 10.5 Å². The number of aromatic nitrogens is 1. The number of aliphatic hydroxyl groups excluding tert-OH is 1. The number of hydrogen-bond donors (Lipinski definition) is 2. The number of amides is 2. The molecular formula is C31H40N4O3. The van der Waals surface area contributed by atoms with Crippen molar-refractivity contribution in [1.29, 1.82) is 0 Å². The van der Waals surface area contributed by atoms with Crippen molar-refractivity contribution in [1.82, 2.24) is 14.4 Å². The first-order chi connectivity index (χ1) is 18.5. The maximum atomic E-state index is 13.1. The Morgan fingerprint density at radius 3 is 2.53 bits per heavy atom. The summed E-state index contributed by atoms with van der Waals surface area (Å²) in [6, 6.07) is 16.0. The molecule has 38 heavy (non-hydrogen) atoms. The minimum atomic E-state index is -0.0583. The summed E-state index contributed by atoms with van der Waals surface area (Å²) in [5.41, 5.74) is 4.54. The largest absolute Gasteiger partial charge is 0.497 e. The Kier molecular flexibility index (Phi) is 6.82. The van der Waals surface area contributed by atoms with Crippen molar-refractivity contribution in [3.8, 4) is 5.75 Å². The van der Waals surface area contributed by atoms with Crippen LogP contribution in [0.25, 0.3) is 10.9 Å². The number of carbonyl (C=O) groups is 1. The van der Waals surface area contributed by atoms with Crippen molar-refractivity contribution < 1.29 is 14.6 Å². The quantitative estimate of drug-likeness (QED) is 0.483. The monoisotopic (exact) mass is 516 g/mol. The van der Waals surface area contributed by atoms with E-state index in [2.05, 4.69) is 40.0 Å². The van der Waals surface area contributed by atoms with Crippen molar-refractivity contribution in [3.63, 3.8) is 0 Å². The molecule has 1 aromatic heterocycles. The second-order valence-electron chi connectivity index (χ2n) is 11.5. The fourth-order valence-corrected chi connectivity index (χ4v) is 7.45. The third-order valence-corrected chi connectivity index (χ3v) is 9.42. The van der Waals surface area contributed by atoms with E-state index in [4.69, 9.17) is 4.74 Å². The summed E-state index contributed by atoms with van der Waals surface area (Å²) in [6.07, 6.45) is 7.03. The van der Waals surface area contributed by atoms with Crippen molar-refractivity contribution >= 4 is 22.6 Å². The van der Waals surface area contributed by atoms with E-state index < -0.39 is 0 Å². The Morgan fingerprint density at radius 1 is 1.11 bits per heavy atom. The summed E-state index contributed by atoms with van der Waals surface area (Å²) >= 11 is 0. The zero-order valence-electron chi connectivity index (χ0n) is 22.7. The third kappa shape index (κ3) is 4.35. The molecule has 3 heterocycles. The number of nitrogens with zero attached hydrogens (tertiary/aromatic N) is 3. The number of methoxy groups -OCH3 is 1. The molecule has 3 aliphatic rings. The Hall–Kier alpha value is -3.03. The molecular weight excluding hydrogens is 476 g/mol. The van der Waals surface area contributed by atoms with E-state index in [1.165, 1.54) is 42.3 Å². The highest BCUT2D eigenvalue weighted by Gasteiger charge is 2.48. The van der Waals surface area contributed by atoms with Crippen molar-refractivity contribution in [2.75, 3.05) is 45.2 Å². The summed E-state index contributed by atoms with van der Waals surface area (Å²) in [4.78, 5) is 17.7. The van der Waals surface area contributed by atoms with Gasteiger partial charge in [0, 0.05) is 61.5 Å². The lowest BCUT2D eigenvalue weighted by Gasteiger charge is -2.51. The lowest BCUT2D eigenvalue weighted by molar-refractivity contribution is 0.0427. The van der Waals surface area contributed by atoms with E-state index in [9.17, 15) is 9.90 Å². The smallest absolute Gasteiger partial charge is 0.321 e. The number of nitrogens with one attached hydrogen (secondary N) is 1. The van der Waals surface area contributed by atoms with E-state index in [1.807, 2.05) is 35.2 Å². The number of likely N-dealkylation sites (tertiary alicyclic amines) is 1. The van der Waals surface area contributed by atoms with E-state index in [0.29, 0.717) is 19.0 Å². The van der Waals surface area contributed by atoms with Gasteiger partial charge in [0.25, 0.3) is 0 Å². The number of hydrogen-bond acceptors (Lipinski definition) is 4. The van der Waals surface area contributed by atoms with E-state index in [1.54, 1.807) is 7.11 Å². The zero-order chi connectivity index (χ0) is 26.3. The Labute approximate surface area is 225 Å². The lowest BCUT2D eigenvalue weighted by atomic mass is 9.68.